The van der Waals surface area contributed by atoms with Gasteiger partial charge in [-0.15, -0.1) is 0 Å². The third-order valence-electron chi connectivity index (χ3n) is 2.66. The van der Waals surface area contributed by atoms with Crippen molar-refractivity contribution in [1.82, 2.24) is 10.3 Å². The zero-order valence-corrected chi connectivity index (χ0v) is 12.7. The average molecular weight is 251 g/mol. The second-order valence-corrected chi connectivity index (χ2v) is 3.62. The number of rotatable bonds is 2. The van der Waals surface area contributed by atoms with Gasteiger partial charge in [0, 0.05) is 32.4 Å². The van der Waals surface area contributed by atoms with Crippen LogP contribution < -0.4 is 10.2 Å². The molecule has 18 heavy (non-hydrogen) atoms. The van der Waals surface area contributed by atoms with Gasteiger partial charge in [-0.3, -0.25) is 0 Å². The summed E-state index contributed by atoms with van der Waals surface area (Å²) in [5.41, 5.74) is 1.31. The number of hydrogen-bond donors (Lipinski definition) is 1. The average Bonchev–Trinajstić information content (AvgIpc) is 2.52. The zero-order chi connectivity index (χ0) is 13.8. The Morgan fingerprint density at radius 3 is 2.17 bits per heavy atom. The molecule has 1 fully saturated rings. The lowest BCUT2D eigenvalue weighted by molar-refractivity contribution is 0.585. The molecule has 1 aliphatic heterocycles. The highest BCUT2D eigenvalue weighted by atomic mass is 15.2. The molecule has 2 heterocycles. The molecule has 0 atom stereocenters. The number of nitrogens with one attached hydrogen (secondary N) is 1. The Labute approximate surface area is 113 Å². The van der Waals surface area contributed by atoms with E-state index in [9.17, 15) is 0 Å². The molecule has 1 saturated heterocycles. The maximum absolute atomic E-state index is 4.47. The standard InChI is InChI=1S/C11H17N3.2C2H6/c1-2-10-3-4-11(13-9-10)14-7-5-12-6-8-14;2*1-2/h3-4,9,12H,2,5-8H2,1H3;2*1-2H3. The highest BCUT2D eigenvalue weighted by Gasteiger charge is 2.10. The van der Waals surface area contributed by atoms with Crippen LogP contribution in [0.4, 0.5) is 5.82 Å². The molecule has 3 nitrogen and oxygen atoms in total. The Morgan fingerprint density at radius 1 is 1.11 bits per heavy atom. The smallest absolute Gasteiger partial charge is 0.128 e. The molecule has 104 valence electrons. The van der Waals surface area contributed by atoms with Crippen LogP contribution in [0.5, 0.6) is 0 Å². The Balaban J connectivity index is 0.000000659. The summed E-state index contributed by atoms with van der Waals surface area (Å²) in [4.78, 5) is 6.80. The summed E-state index contributed by atoms with van der Waals surface area (Å²) in [6.07, 6.45) is 3.05. The lowest BCUT2D eigenvalue weighted by Crippen LogP contribution is -2.43. The first-order valence-corrected chi connectivity index (χ1v) is 7.30. The van der Waals surface area contributed by atoms with E-state index in [1.807, 2.05) is 33.9 Å². The first kappa shape index (κ1) is 16.9. The highest BCUT2D eigenvalue weighted by molar-refractivity contribution is 5.39. The van der Waals surface area contributed by atoms with Crippen LogP contribution in [0.3, 0.4) is 0 Å². The van der Waals surface area contributed by atoms with Crippen LogP contribution in [0, 0.1) is 0 Å². The van der Waals surface area contributed by atoms with Crippen LogP contribution in [0.2, 0.25) is 0 Å². The Bertz CT molecular complexity index is 276. The van der Waals surface area contributed by atoms with Crippen LogP contribution in [0.1, 0.15) is 40.2 Å². The molecular formula is C15H29N3. The second-order valence-electron chi connectivity index (χ2n) is 3.62. The van der Waals surface area contributed by atoms with E-state index in [4.69, 9.17) is 0 Å². The summed E-state index contributed by atoms with van der Waals surface area (Å²) >= 11 is 0. The van der Waals surface area contributed by atoms with Gasteiger partial charge >= 0.3 is 0 Å². The van der Waals surface area contributed by atoms with Crippen molar-refractivity contribution in [2.24, 2.45) is 0 Å². The van der Waals surface area contributed by atoms with Gasteiger partial charge in [-0.1, -0.05) is 40.7 Å². The van der Waals surface area contributed by atoms with E-state index in [1.54, 1.807) is 0 Å². The molecule has 0 spiro atoms. The largest absolute Gasteiger partial charge is 0.354 e. The summed E-state index contributed by atoms with van der Waals surface area (Å²) in [6.45, 7) is 14.4. The topological polar surface area (TPSA) is 28.2 Å². The predicted octanol–water partition coefficient (Wildman–Crippen LogP) is 3.11. The number of aryl methyl sites for hydroxylation is 1. The van der Waals surface area contributed by atoms with E-state index >= 15 is 0 Å². The molecule has 2 rings (SSSR count). The van der Waals surface area contributed by atoms with Gasteiger partial charge in [0.05, 0.1) is 0 Å². The van der Waals surface area contributed by atoms with Crippen molar-refractivity contribution in [3.05, 3.63) is 23.9 Å². The van der Waals surface area contributed by atoms with Gasteiger partial charge in [-0.05, 0) is 18.1 Å². The van der Waals surface area contributed by atoms with Crippen molar-refractivity contribution >= 4 is 5.82 Å². The van der Waals surface area contributed by atoms with Crippen molar-refractivity contribution in [1.29, 1.82) is 0 Å². The van der Waals surface area contributed by atoms with E-state index in [2.05, 4.69) is 34.3 Å². The molecule has 0 aliphatic carbocycles. The third kappa shape index (κ3) is 5.50. The molecule has 3 heteroatoms. The molecule has 0 radical (unpaired) electrons. The SMILES string of the molecule is CC.CC.CCc1ccc(N2CCNCC2)nc1. The summed E-state index contributed by atoms with van der Waals surface area (Å²) in [6, 6.07) is 4.30. The van der Waals surface area contributed by atoms with Crippen molar-refractivity contribution < 1.29 is 0 Å². The van der Waals surface area contributed by atoms with E-state index < -0.39 is 0 Å². The first-order valence-electron chi connectivity index (χ1n) is 7.30. The van der Waals surface area contributed by atoms with Crippen LogP contribution in [0.25, 0.3) is 0 Å². The quantitative estimate of drug-likeness (QED) is 0.875. The molecule has 0 saturated carbocycles. The number of piperazine rings is 1. The van der Waals surface area contributed by atoms with E-state index in [-0.39, 0.29) is 0 Å². The molecule has 0 aromatic carbocycles. The van der Waals surface area contributed by atoms with Crippen LogP contribution >= 0.6 is 0 Å². The number of nitrogens with zero attached hydrogens (tertiary/aromatic N) is 2. The Morgan fingerprint density at radius 2 is 1.72 bits per heavy atom. The minimum absolute atomic E-state index is 1.06. The zero-order valence-electron chi connectivity index (χ0n) is 12.7. The molecule has 0 unspecified atom stereocenters. The van der Waals surface area contributed by atoms with Gasteiger partial charge < -0.3 is 10.2 Å². The maximum atomic E-state index is 4.47. The van der Waals surface area contributed by atoms with Gasteiger partial charge in [-0.25, -0.2) is 4.98 Å². The number of pyridine rings is 1. The monoisotopic (exact) mass is 251 g/mol. The van der Waals surface area contributed by atoms with Gasteiger partial charge in [0.1, 0.15) is 5.82 Å². The number of aromatic nitrogens is 1. The lowest BCUT2D eigenvalue weighted by atomic mass is 10.2. The summed E-state index contributed by atoms with van der Waals surface area (Å²) in [5.74, 6) is 1.11. The molecular weight excluding hydrogens is 222 g/mol. The third-order valence-corrected chi connectivity index (χ3v) is 2.66. The number of hydrogen-bond acceptors (Lipinski definition) is 3. The predicted molar refractivity (Wildman–Crippen MR) is 81.4 cm³/mol. The van der Waals surface area contributed by atoms with Crippen molar-refractivity contribution in [3.8, 4) is 0 Å². The maximum Gasteiger partial charge on any atom is 0.128 e. The highest BCUT2D eigenvalue weighted by Crippen LogP contribution is 2.11. The Kier molecular flexibility index (Phi) is 10.4. The molecule has 1 aliphatic rings. The number of anilines is 1. The fraction of sp³-hybridized carbons (Fsp3) is 0.667. The van der Waals surface area contributed by atoms with E-state index in [0.717, 1.165) is 38.4 Å². The van der Waals surface area contributed by atoms with Gasteiger partial charge in [0.15, 0.2) is 0 Å². The van der Waals surface area contributed by atoms with Gasteiger partial charge in [0.25, 0.3) is 0 Å². The van der Waals surface area contributed by atoms with Gasteiger partial charge in [0.2, 0.25) is 0 Å². The van der Waals surface area contributed by atoms with Crippen LogP contribution in [-0.4, -0.2) is 31.2 Å². The molecule has 1 aromatic heterocycles. The molecule has 1 aromatic rings. The van der Waals surface area contributed by atoms with E-state index in [1.165, 1.54) is 5.56 Å². The summed E-state index contributed by atoms with van der Waals surface area (Å²) in [7, 11) is 0. The summed E-state index contributed by atoms with van der Waals surface area (Å²) < 4.78 is 0. The Hall–Kier alpha value is -1.09. The van der Waals surface area contributed by atoms with Crippen molar-refractivity contribution in [3.63, 3.8) is 0 Å². The first-order chi connectivity index (χ1) is 8.90. The van der Waals surface area contributed by atoms with Crippen LogP contribution in [-0.2, 0) is 6.42 Å². The summed E-state index contributed by atoms with van der Waals surface area (Å²) in [5, 5.41) is 3.34. The minimum atomic E-state index is 1.06. The van der Waals surface area contributed by atoms with E-state index in [0.29, 0.717) is 0 Å². The minimum Gasteiger partial charge on any atom is -0.354 e. The van der Waals surface area contributed by atoms with Crippen molar-refractivity contribution in [2.75, 3.05) is 31.1 Å². The molecule has 1 N–H and O–H groups in total. The van der Waals surface area contributed by atoms with Crippen LogP contribution in [0.15, 0.2) is 18.3 Å². The fourth-order valence-corrected chi connectivity index (χ4v) is 1.71. The lowest BCUT2D eigenvalue weighted by Gasteiger charge is -2.28. The second kappa shape index (κ2) is 11.0. The van der Waals surface area contributed by atoms with Gasteiger partial charge in [-0.2, -0.15) is 0 Å². The molecule has 0 bridgehead atoms. The normalized spacial score (nSPS) is 13.9. The van der Waals surface area contributed by atoms with Crippen molar-refractivity contribution in [2.45, 2.75) is 41.0 Å². The fourth-order valence-electron chi connectivity index (χ4n) is 1.71. The molecule has 0 amide bonds.